The van der Waals surface area contributed by atoms with Gasteiger partial charge in [0.2, 0.25) is 0 Å². The number of amides is 1. The summed E-state index contributed by atoms with van der Waals surface area (Å²) in [6.45, 7) is 6.51. The van der Waals surface area contributed by atoms with Crippen molar-refractivity contribution < 1.29 is 9.53 Å². The fourth-order valence-corrected chi connectivity index (χ4v) is 6.73. The van der Waals surface area contributed by atoms with E-state index < -0.39 is 5.60 Å². The predicted octanol–water partition coefficient (Wildman–Crippen LogP) is 0.960. The highest BCUT2D eigenvalue weighted by atomic mass is 16.6. The van der Waals surface area contributed by atoms with Gasteiger partial charge in [-0.15, -0.1) is 0 Å². The zero-order valence-electron chi connectivity index (χ0n) is 11.1. The first kappa shape index (κ1) is 10.1. The summed E-state index contributed by atoms with van der Waals surface area (Å²) in [6.07, 6.45) is -0.265. The lowest BCUT2D eigenvalue weighted by atomic mass is 8.94. The molecule has 18 heavy (non-hydrogen) atoms. The topological polar surface area (TPSA) is 64.3 Å². The van der Waals surface area contributed by atoms with Crippen LogP contribution in [0.15, 0.2) is 0 Å². The molecule has 6 fully saturated rings. The van der Waals surface area contributed by atoms with Crippen LogP contribution in [-0.4, -0.2) is 23.8 Å². The van der Waals surface area contributed by atoms with Crippen LogP contribution in [0.4, 0.5) is 4.79 Å². The molecule has 0 bridgehead atoms. The Morgan fingerprint density at radius 1 is 1.17 bits per heavy atom. The van der Waals surface area contributed by atoms with E-state index in [1.54, 1.807) is 0 Å². The molecule has 6 saturated carbocycles. The third kappa shape index (κ3) is 0.625. The Morgan fingerprint density at radius 3 is 2.11 bits per heavy atom. The van der Waals surface area contributed by atoms with Crippen LogP contribution in [0.3, 0.4) is 0 Å². The van der Waals surface area contributed by atoms with Crippen LogP contribution < -0.4 is 11.1 Å². The van der Waals surface area contributed by atoms with Crippen LogP contribution in [0, 0.1) is 40.9 Å². The molecule has 4 heteroatoms. The second-order valence-corrected chi connectivity index (χ2v) is 8.12. The number of ether oxygens (including phenoxy) is 1. The van der Waals surface area contributed by atoms with Crippen molar-refractivity contribution in [2.75, 3.05) is 6.54 Å². The van der Waals surface area contributed by atoms with E-state index in [0.29, 0.717) is 5.41 Å². The summed E-state index contributed by atoms with van der Waals surface area (Å²) < 4.78 is 5.30. The molecule has 0 heterocycles. The molecule has 6 aliphatic carbocycles. The SMILES string of the molecule is CC(C)(C)OC(=O)NCC12C3C4C1C1C2C3C41N. The number of nitrogens with one attached hydrogen (secondary N) is 1. The first-order valence-electron chi connectivity index (χ1n) is 7.09. The highest BCUT2D eigenvalue weighted by Crippen LogP contribution is 3.06. The second kappa shape index (κ2) is 2.21. The van der Waals surface area contributed by atoms with E-state index in [2.05, 4.69) is 5.32 Å². The van der Waals surface area contributed by atoms with Crippen molar-refractivity contribution in [3.8, 4) is 0 Å². The van der Waals surface area contributed by atoms with E-state index in [4.69, 9.17) is 10.5 Å². The number of hydrogen-bond donors (Lipinski definition) is 2. The standard InChI is InChI=1S/C14H20N2O2/c1-12(2,3)18-11(17)16-4-13-5-8-6(13)10-7(13)9(5)14(8,10)15/h5-10H,4,15H2,1-3H3,(H,16,17). The Bertz CT molecular complexity index is 439. The van der Waals surface area contributed by atoms with Crippen molar-refractivity contribution in [2.45, 2.75) is 31.9 Å². The lowest BCUT2D eigenvalue weighted by Gasteiger charge is -3.11. The molecule has 98 valence electrons. The molecule has 0 aromatic carbocycles. The van der Waals surface area contributed by atoms with Gasteiger partial charge >= 0.3 is 6.09 Å². The number of nitrogens with two attached hydrogens (primary N) is 1. The lowest BCUT2D eigenvalue weighted by Crippen LogP contribution is -3.15. The zero-order valence-corrected chi connectivity index (χ0v) is 11.1. The molecule has 6 aliphatic rings. The first-order valence-corrected chi connectivity index (χ1v) is 7.09. The molecule has 4 nitrogen and oxygen atoms in total. The van der Waals surface area contributed by atoms with Gasteiger partial charge in [0.1, 0.15) is 5.60 Å². The maximum absolute atomic E-state index is 11.7. The minimum Gasteiger partial charge on any atom is -0.444 e. The van der Waals surface area contributed by atoms with Crippen molar-refractivity contribution in [3.05, 3.63) is 0 Å². The number of carbonyl (C=O) groups is 1. The second-order valence-electron chi connectivity index (χ2n) is 8.12. The van der Waals surface area contributed by atoms with Crippen molar-refractivity contribution >= 4 is 6.09 Å². The minimum absolute atomic E-state index is 0.265. The van der Waals surface area contributed by atoms with Gasteiger partial charge in [-0.25, -0.2) is 4.79 Å². The van der Waals surface area contributed by atoms with Gasteiger partial charge in [0, 0.05) is 12.1 Å². The summed E-state index contributed by atoms with van der Waals surface area (Å²) in [6, 6.07) is 0. The fourth-order valence-electron chi connectivity index (χ4n) is 6.73. The largest absolute Gasteiger partial charge is 0.444 e. The molecule has 0 aliphatic heterocycles. The fraction of sp³-hybridized carbons (Fsp3) is 0.929. The van der Waals surface area contributed by atoms with Crippen LogP contribution in [0.5, 0.6) is 0 Å². The van der Waals surface area contributed by atoms with Gasteiger partial charge in [-0.3, -0.25) is 0 Å². The molecule has 1 amide bonds. The van der Waals surface area contributed by atoms with Crippen LogP contribution in [-0.2, 0) is 4.74 Å². The molecule has 0 saturated heterocycles. The molecular weight excluding hydrogens is 228 g/mol. The van der Waals surface area contributed by atoms with Crippen molar-refractivity contribution in [1.29, 1.82) is 0 Å². The molecular formula is C14H20N2O2. The molecule has 0 aromatic rings. The molecule has 6 rings (SSSR count). The maximum atomic E-state index is 11.7. The average Bonchev–Trinajstić information content (AvgIpc) is 2.26. The van der Waals surface area contributed by atoms with E-state index in [9.17, 15) is 4.79 Å². The van der Waals surface area contributed by atoms with E-state index in [1.807, 2.05) is 20.8 Å². The third-order valence-corrected chi connectivity index (χ3v) is 6.85. The smallest absolute Gasteiger partial charge is 0.407 e. The number of alkyl carbamates (subject to hydrolysis) is 1. The van der Waals surface area contributed by atoms with E-state index in [0.717, 1.165) is 42.1 Å². The predicted molar refractivity (Wildman–Crippen MR) is 64.5 cm³/mol. The molecule has 0 spiro atoms. The highest BCUT2D eigenvalue weighted by molar-refractivity contribution is 5.68. The molecule has 0 radical (unpaired) electrons. The summed E-state index contributed by atoms with van der Waals surface area (Å²) in [5.41, 5.74) is 6.69. The van der Waals surface area contributed by atoms with Crippen LogP contribution in [0.1, 0.15) is 20.8 Å². The summed E-state index contributed by atoms with van der Waals surface area (Å²) in [7, 11) is 0. The van der Waals surface area contributed by atoms with Gasteiger partial charge in [0.15, 0.2) is 0 Å². The summed E-state index contributed by atoms with van der Waals surface area (Å²) in [5.74, 6) is 4.99. The van der Waals surface area contributed by atoms with Crippen LogP contribution in [0.2, 0.25) is 0 Å². The lowest BCUT2D eigenvalue weighted by molar-refractivity contribution is -0.617. The van der Waals surface area contributed by atoms with Crippen LogP contribution in [0.25, 0.3) is 0 Å². The third-order valence-electron chi connectivity index (χ3n) is 6.85. The quantitative estimate of drug-likeness (QED) is 0.765. The Labute approximate surface area is 107 Å². The zero-order chi connectivity index (χ0) is 12.7. The summed E-state index contributed by atoms with van der Waals surface area (Å²) in [4.78, 5) is 11.7. The highest BCUT2D eigenvalue weighted by Gasteiger charge is 3.08. The Kier molecular flexibility index (Phi) is 1.24. The molecule has 0 unspecified atom stereocenters. The van der Waals surface area contributed by atoms with Gasteiger partial charge in [-0.2, -0.15) is 0 Å². The summed E-state index contributed by atoms with van der Waals surface area (Å²) in [5, 5.41) is 2.99. The van der Waals surface area contributed by atoms with Crippen molar-refractivity contribution in [2.24, 2.45) is 46.7 Å². The number of hydrogen-bond acceptors (Lipinski definition) is 3. The monoisotopic (exact) mass is 248 g/mol. The average molecular weight is 248 g/mol. The van der Waals surface area contributed by atoms with Gasteiger partial charge in [0.25, 0.3) is 0 Å². The molecule has 3 N–H and O–H groups in total. The molecule has 0 atom stereocenters. The van der Waals surface area contributed by atoms with Gasteiger partial charge < -0.3 is 15.8 Å². The Balaban J connectivity index is 1.24. The van der Waals surface area contributed by atoms with E-state index >= 15 is 0 Å². The number of carbonyl (C=O) groups excluding carboxylic acids is 1. The van der Waals surface area contributed by atoms with E-state index in [-0.39, 0.29) is 11.6 Å². The normalized spacial score (nSPS) is 63.3. The van der Waals surface area contributed by atoms with Gasteiger partial charge in [-0.05, 0) is 61.7 Å². The Morgan fingerprint density at radius 2 is 1.67 bits per heavy atom. The van der Waals surface area contributed by atoms with E-state index in [1.165, 1.54) is 0 Å². The number of rotatable bonds is 2. The van der Waals surface area contributed by atoms with Crippen LogP contribution >= 0.6 is 0 Å². The van der Waals surface area contributed by atoms with Gasteiger partial charge in [-0.1, -0.05) is 0 Å². The van der Waals surface area contributed by atoms with Gasteiger partial charge in [0.05, 0.1) is 0 Å². The van der Waals surface area contributed by atoms with Crippen molar-refractivity contribution in [1.82, 2.24) is 5.32 Å². The molecule has 0 aromatic heterocycles. The minimum atomic E-state index is -0.405. The first-order chi connectivity index (χ1) is 8.33. The maximum Gasteiger partial charge on any atom is 0.407 e. The van der Waals surface area contributed by atoms with Crippen molar-refractivity contribution in [3.63, 3.8) is 0 Å². The summed E-state index contributed by atoms with van der Waals surface area (Å²) >= 11 is 0. The Hall–Kier alpha value is -0.770.